The van der Waals surface area contributed by atoms with E-state index >= 15 is 0 Å². The maximum Gasteiger partial charge on any atom is 0.410 e. The van der Waals surface area contributed by atoms with Gasteiger partial charge in [0, 0.05) is 13.5 Å². The number of carbonyl (C=O) groups excluding carboxylic acids is 2. The zero-order chi connectivity index (χ0) is 27.3. The van der Waals surface area contributed by atoms with Crippen LogP contribution in [0.15, 0.2) is 23.0 Å². The van der Waals surface area contributed by atoms with Crippen LogP contribution in [0.2, 0.25) is 0 Å². The first-order chi connectivity index (χ1) is 17.2. The number of aromatic nitrogens is 2. The van der Waals surface area contributed by atoms with Crippen LogP contribution in [0.1, 0.15) is 80.3 Å². The van der Waals surface area contributed by atoms with Crippen molar-refractivity contribution in [3.8, 4) is 5.75 Å². The summed E-state index contributed by atoms with van der Waals surface area (Å²) in [4.78, 5) is 45.5. The van der Waals surface area contributed by atoms with Gasteiger partial charge in [-0.1, -0.05) is 12.1 Å². The van der Waals surface area contributed by atoms with E-state index in [-0.39, 0.29) is 36.7 Å². The molecule has 2 aromatic rings. The molecule has 0 unspecified atom stereocenters. The first-order valence-electron chi connectivity index (χ1n) is 12.5. The number of fused-ring (bicyclic) bond motifs is 2. The average molecular weight is 516 g/mol. The van der Waals surface area contributed by atoms with Crippen LogP contribution >= 0.6 is 0 Å². The van der Waals surface area contributed by atoms with Gasteiger partial charge in [0.1, 0.15) is 22.8 Å². The van der Waals surface area contributed by atoms with Crippen molar-refractivity contribution in [1.29, 1.82) is 0 Å². The van der Waals surface area contributed by atoms with Crippen molar-refractivity contribution < 1.29 is 28.9 Å². The van der Waals surface area contributed by atoms with Gasteiger partial charge in [0.2, 0.25) is 5.75 Å². The van der Waals surface area contributed by atoms with Gasteiger partial charge in [-0.2, -0.15) is 0 Å². The Morgan fingerprint density at radius 3 is 2.46 bits per heavy atom. The smallest absolute Gasteiger partial charge is 0.410 e. The van der Waals surface area contributed by atoms with Crippen molar-refractivity contribution in [2.45, 2.75) is 89.5 Å². The summed E-state index contributed by atoms with van der Waals surface area (Å²) in [5, 5.41) is 21.8. The first-order valence-corrected chi connectivity index (χ1v) is 12.5. The predicted molar refractivity (Wildman–Crippen MR) is 133 cm³/mol. The third-order valence-corrected chi connectivity index (χ3v) is 7.46. The molecule has 1 saturated carbocycles. The van der Waals surface area contributed by atoms with Gasteiger partial charge in [-0.15, -0.1) is 0 Å². The topological polar surface area (TPSA) is 122 Å². The minimum atomic E-state index is -1.20. The van der Waals surface area contributed by atoms with E-state index in [1.165, 1.54) is 15.5 Å². The van der Waals surface area contributed by atoms with Crippen molar-refractivity contribution in [3.05, 3.63) is 57.0 Å². The normalized spacial score (nSPS) is 22.8. The van der Waals surface area contributed by atoms with Crippen LogP contribution in [0.4, 0.5) is 9.18 Å². The quantitative estimate of drug-likeness (QED) is 0.584. The van der Waals surface area contributed by atoms with Gasteiger partial charge in [-0.05, 0) is 77.0 Å². The van der Waals surface area contributed by atoms with E-state index in [1.54, 1.807) is 46.9 Å². The van der Waals surface area contributed by atoms with E-state index in [0.717, 1.165) is 5.56 Å². The van der Waals surface area contributed by atoms with Crippen LogP contribution in [-0.4, -0.2) is 54.8 Å². The molecule has 9 nitrogen and oxygen atoms in total. The summed E-state index contributed by atoms with van der Waals surface area (Å²) in [6, 6.07) is 4.56. The lowest BCUT2D eigenvalue weighted by molar-refractivity contribution is -0.0526. The van der Waals surface area contributed by atoms with Gasteiger partial charge < -0.3 is 14.9 Å². The molecule has 0 atom stereocenters. The molecule has 0 spiro atoms. The van der Waals surface area contributed by atoms with E-state index < -0.39 is 39.9 Å². The summed E-state index contributed by atoms with van der Waals surface area (Å²) in [6.07, 6.45) is 0.801. The second kappa shape index (κ2) is 9.24. The highest BCUT2D eigenvalue weighted by Crippen LogP contribution is 2.48. The fourth-order valence-electron chi connectivity index (χ4n) is 5.27. The Bertz CT molecular complexity index is 1300. The number of halogens is 1. The Morgan fingerprint density at radius 2 is 1.86 bits per heavy atom. The number of aryl methyl sites for hydroxylation is 2. The first kappa shape index (κ1) is 26.8. The number of aromatic hydroxyl groups is 1. The second-order valence-corrected chi connectivity index (χ2v) is 11.3. The highest BCUT2D eigenvalue weighted by Gasteiger charge is 2.54. The molecule has 1 aromatic heterocycles. The van der Waals surface area contributed by atoms with Gasteiger partial charge in [0.05, 0.1) is 12.1 Å². The zero-order valence-corrected chi connectivity index (χ0v) is 21.9. The third-order valence-electron chi connectivity index (χ3n) is 7.46. The summed E-state index contributed by atoms with van der Waals surface area (Å²) in [7, 11) is 1.56. The van der Waals surface area contributed by atoms with Crippen molar-refractivity contribution in [2.75, 3.05) is 7.05 Å². The van der Waals surface area contributed by atoms with Crippen LogP contribution in [0, 0.1) is 12.7 Å². The van der Waals surface area contributed by atoms with Crippen LogP contribution in [0.5, 0.6) is 5.75 Å². The molecule has 0 radical (unpaired) electrons. The van der Waals surface area contributed by atoms with Crippen molar-refractivity contribution in [3.63, 3.8) is 0 Å². The number of carbonyl (C=O) groups is 2. The Kier molecular flexibility index (Phi) is 6.69. The molecule has 10 heteroatoms. The average Bonchev–Trinajstić information content (AvgIpc) is 3.03. The number of ether oxygens (including phenoxy) is 1. The molecule has 2 N–H and O–H groups in total. The largest absolute Gasteiger partial charge is 0.501 e. The van der Waals surface area contributed by atoms with E-state index in [1.807, 2.05) is 0 Å². The number of benzene rings is 1. The zero-order valence-electron chi connectivity index (χ0n) is 21.9. The number of hydrogen-bond donors (Lipinski definition) is 2. The number of aliphatic hydroxyl groups is 1. The van der Waals surface area contributed by atoms with Crippen LogP contribution < -0.4 is 5.56 Å². The maximum absolute atomic E-state index is 13.6. The minimum Gasteiger partial charge on any atom is -0.501 e. The van der Waals surface area contributed by atoms with Crippen molar-refractivity contribution >= 4 is 11.9 Å². The number of nitrogens with zero attached hydrogens (tertiary/aromatic N) is 3. The molecular weight excluding hydrogens is 481 g/mol. The molecule has 3 heterocycles. The predicted octanol–water partition coefficient (Wildman–Crippen LogP) is 3.59. The molecule has 37 heavy (non-hydrogen) atoms. The van der Waals surface area contributed by atoms with E-state index in [2.05, 4.69) is 4.98 Å². The lowest BCUT2D eigenvalue weighted by Crippen LogP contribution is -2.53. The number of Topliss-reactive ketones (excluding diaryl/α,β-unsaturated/α-hetero) is 1. The summed E-state index contributed by atoms with van der Waals surface area (Å²) >= 11 is 0. The molecule has 3 aliphatic rings. The lowest BCUT2D eigenvalue weighted by Gasteiger charge is -2.45. The molecular formula is C27H34FN3O6. The fraction of sp³-hybridized carbons (Fsp3) is 0.556. The van der Waals surface area contributed by atoms with E-state index in [9.17, 15) is 29.0 Å². The molecule has 1 aliphatic carbocycles. The van der Waals surface area contributed by atoms with Crippen LogP contribution in [0.3, 0.4) is 0 Å². The SMILES string of the molecule is Cc1cc(CCC(=O)c2nc3n(c(=O)c2O)CC2(O)CCC3(N(C)C(=O)OC(C)(C)C)CC2)ccc1F. The highest BCUT2D eigenvalue weighted by atomic mass is 19.1. The van der Waals surface area contributed by atoms with Crippen LogP contribution in [0.25, 0.3) is 0 Å². The maximum atomic E-state index is 13.6. The second-order valence-electron chi connectivity index (χ2n) is 11.3. The van der Waals surface area contributed by atoms with Gasteiger partial charge >= 0.3 is 6.09 Å². The Morgan fingerprint density at radius 1 is 1.22 bits per heavy atom. The molecule has 200 valence electrons. The number of hydrogen-bond acceptors (Lipinski definition) is 7. The Hall–Kier alpha value is -3.27. The third kappa shape index (κ3) is 4.99. The summed E-state index contributed by atoms with van der Waals surface area (Å²) in [6.45, 7) is 6.77. The minimum absolute atomic E-state index is 0.0621. The highest BCUT2D eigenvalue weighted by molar-refractivity contribution is 5.96. The fourth-order valence-corrected chi connectivity index (χ4v) is 5.27. The molecule has 5 rings (SSSR count). The van der Waals surface area contributed by atoms with Gasteiger partial charge in [0.15, 0.2) is 11.5 Å². The molecule has 1 amide bonds. The number of rotatable bonds is 5. The summed E-state index contributed by atoms with van der Waals surface area (Å²) in [5.41, 5.74) is -3.09. The molecule has 1 aromatic carbocycles. The summed E-state index contributed by atoms with van der Waals surface area (Å²) in [5.74, 6) is -1.53. The standard InChI is InChI=1S/C27H34FN3O6/c1-16-14-17(6-8-18(16)28)7-9-19(32)20-21(33)22(34)31-15-26(36)10-12-27(13-11-26,23(31)29-20)30(5)24(35)37-25(2,3)4/h6,8,14,33,36H,7,9-13,15H2,1-5H3. The van der Waals surface area contributed by atoms with E-state index in [4.69, 9.17) is 4.74 Å². The molecule has 2 aliphatic heterocycles. The Balaban J connectivity index is 1.75. The number of amides is 1. The number of ketones is 1. The van der Waals surface area contributed by atoms with Crippen LogP contribution in [-0.2, 0) is 23.2 Å². The van der Waals surface area contributed by atoms with Gasteiger partial charge in [-0.3, -0.25) is 19.1 Å². The lowest BCUT2D eigenvalue weighted by atomic mass is 9.74. The van der Waals surface area contributed by atoms with Crippen molar-refractivity contribution in [1.82, 2.24) is 14.5 Å². The summed E-state index contributed by atoms with van der Waals surface area (Å²) < 4.78 is 20.4. The molecule has 2 bridgehead atoms. The molecule has 0 saturated heterocycles. The van der Waals surface area contributed by atoms with Gasteiger partial charge in [-0.25, -0.2) is 14.2 Å². The van der Waals surface area contributed by atoms with Gasteiger partial charge in [0.25, 0.3) is 5.56 Å². The van der Waals surface area contributed by atoms with Crippen molar-refractivity contribution in [2.24, 2.45) is 0 Å². The Labute approximate surface area is 214 Å². The van der Waals surface area contributed by atoms with E-state index in [0.29, 0.717) is 31.2 Å². The molecule has 1 fully saturated rings. The monoisotopic (exact) mass is 515 g/mol.